The van der Waals surface area contributed by atoms with E-state index in [4.69, 9.17) is 0 Å². The van der Waals surface area contributed by atoms with E-state index in [0.29, 0.717) is 11.3 Å². The van der Waals surface area contributed by atoms with Gasteiger partial charge in [0.15, 0.2) is 5.78 Å². The molecular formula is C15H14N2O2S. The van der Waals surface area contributed by atoms with Crippen molar-refractivity contribution in [2.75, 3.05) is 11.1 Å². The van der Waals surface area contributed by atoms with E-state index in [-0.39, 0.29) is 17.4 Å². The molecule has 102 valence electrons. The van der Waals surface area contributed by atoms with Gasteiger partial charge in [-0.15, -0.1) is 11.8 Å². The van der Waals surface area contributed by atoms with Gasteiger partial charge >= 0.3 is 0 Å². The summed E-state index contributed by atoms with van der Waals surface area (Å²) < 4.78 is 0. The van der Waals surface area contributed by atoms with Crippen LogP contribution in [0.3, 0.4) is 0 Å². The number of para-hydroxylation sites is 1. The third-order valence-corrected chi connectivity index (χ3v) is 3.61. The normalized spacial score (nSPS) is 10.1. The molecule has 0 aliphatic carbocycles. The summed E-state index contributed by atoms with van der Waals surface area (Å²) in [4.78, 5) is 28.3. The van der Waals surface area contributed by atoms with Crippen LogP contribution in [0.25, 0.3) is 0 Å². The van der Waals surface area contributed by atoms with Gasteiger partial charge in [-0.25, -0.2) is 0 Å². The summed E-state index contributed by atoms with van der Waals surface area (Å²) in [6, 6.07) is 10.7. The molecule has 0 fully saturated rings. The summed E-state index contributed by atoms with van der Waals surface area (Å²) in [5, 5.41) is 2.77. The molecule has 0 unspecified atom stereocenters. The highest BCUT2D eigenvalue weighted by Gasteiger charge is 2.09. The Morgan fingerprint density at radius 3 is 2.55 bits per heavy atom. The number of hydrogen-bond acceptors (Lipinski definition) is 4. The van der Waals surface area contributed by atoms with Gasteiger partial charge in [-0.2, -0.15) is 0 Å². The van der Waals surface area contributed by atoms with E-state index < -0.39 is 0 Å². The van der Waals surface area contributed by atoms with Crippen LogP contribution in [0.15, 0.2) is 53.7 Å². The number of carbonyl (C=O) groups is 2. The summed E-state index contributed by atoms with van der Waals surface area (Å²) in [7, 11) is 0. The monoisotopic (exact) mass is 286 g/mol. The average Bonchev–Trinajstić information content (AvgIpc) is 2.46. The van der Waals surface area contributed by atoms with Crippen molar-refractivity contribution in [3.05, 3.63) is 54.4 Å². The molecule has 0 bridgehead atoms. The van der Waals surface area contributed by atoms with Crippen molar-refractivity contribution >= 4 is 29.1 Å². The first-order valence-electron chi connectivity index (χ1n) is 6.09. The number of aromatic nitrogens is 1. The van der Waals surface area contributed by atoms with E-state index in [1.165, 1.54) is 18.7 Å². The van der Waals surface area contributed by atoms with E-state index in [2.05, 4.69) is 10.3 Å². The van der Waals surface area contributed by atoms with E-state index in [0.717, 1.165) is 4.90 Å². The Kier molecular flexibility index (Phi) is 4.90. The van der Waals surface area contributed by atoms with Crippen molar-refractivity contribution in [1.82, 2.24) is 4.98 Å². The smallest absolute Gasteiger partial charge is 0.234 e. The lowest BCUT2D eigenvalue weighted by atomic mass is 10.1. The van der Waals surface area contributed by atoms with Crippen LogP contribution < -0.4 is 5.32 Å². The Hall–Kier alpha value is -2.14. The van der Waals surface area contributed by atoms with Crippen LogP contribution in [0.4, 0.5) is 5.69 Å². The third kappa shape index (κ3) is 3.93. The minimum absolute atomic E-state index is 0.0670. The van der Waals surface area contributed by atoms with Crippen LogP contribution >= 0.6 is 11.8 Å². The molecule has 1 aromatic heterocycles. The fraction of sp³-hybridized carbons (Fsp3) is 0.133. The number of amides is 1. The van der Waals surface area contributed by atoms with Crippen molar-refractivity contribution in [2.45, 2.75) is 11.8 Å². The third-order valence-electron chi connectivity index (χ3n) is 2.60. The molecule has 0 saturated carbocycles. The highest BCUT2D eigenvalue weighted by molar-refractivity contribution is 8.00. The van der Waals surface area contributed by atoms with Crippen molar-refractivity contribution in [1.29, 1.82) is 0 Å². The fourth-order valence-electron chi connectivity index (χ4n) is 1.67. The number of nitrogens with zero attached hydrogens (tertiary/aromatic N) is 1. The van der Waals surface area contributed by atoms with Gasteiger partial charge < -0.3 is 5.32 Å². The molecule has 1 aromatic carbocycles. The first kappa shape index (κ1) is 14.3. The molecule has 0 aliphatic heterocycles. The molecule has 1 N–H and O–H groups in total. The van der Waals surface area contributed by atoms with Crippen LogP contribution in [0.1, 0.15) is 17.3 Å². The minimum atomic E-state index is -0.138. The molecule has 0 aliphatic rings. The Morgan fingerprint density at radius 2 is 1.85 bits per heavy atom. The van der Waals surface area contributed by atoms with Crippen LogP contribution in [0, 0.1) is 0 Å². The number of nitrogens with one attached hydrogen (secondary N) is 1. The number of ketones is 1. The summed E-state index contributed by atoms with van der Waals surface area (Å²) >= 11 is 1.43. The van der Waals surface area contributed by atoms with E-state index >= 15 is 0 Å². The second-order valence-electron chi connectivity index (χ2n) is 4.12. The zero-order chi connectivity index (χ0) is 14.4. The van der Waals surface area contributed by atoms with E-state index in [1.54, 1.807) is 36.7 Å². The van der Waals surface area contributed by atoms with E-state index in [9.17, 15) is 9.59 Å². The lowest BCUT2D eigenvalue weighted by Gasteiger charge is -2.08. The summed E-state index contributed by atoms with van der Waals surface area (Å²) in [6.07, 6.45) is 3.37. The number of Topliss-reactive ketones (excluding diaryl/α,β-unsaturated/α-hetero) is 1. The SMILES string of the molecule is CC(=O)c1ccccc1NC(=O)CSc1ccncc1. The lowest BCUT2D eigenvalue weighted by Crippen LogP contribution is -2.16. The summed E-state index contributed by atoms with van der Waals surface area (Å²) in [5.74, 6) is 0.0826. The summed E-state index contributed by atoms with van der Waals surface area (Å²) in [6.45, 7) is 1.48. The molecule has 2 aromatic rings. The molecule has 1 amide bonds. The standard InChI is InChI=1S/C15H14N2O2S/c1-11(18)13-4-2-3-5-14(13)17-15(19)10-20-12-6-8-16-9-7-12/h2-9H,10H2,1H3,(H,17,19). The van der Waals surface area contributed by atoms with Gasteiger partial charge in [0.2, 0.25) is 5.91 Å². The number of hydrogen-bond donors (Lipinski definition) is 1. The van der Waals surface area contributed by atoms with Gasteiger partial charge in [-0.1, -0.05) is 12.1 Å². The Morgan fingerprint density at radius 1 is 1.15 bits per heavy atom. The van der Waals surface area contributed by atoms with Gasteiger partial charge in [0.25, 0.3) is 0 Å². The number of thioether (sulfide) groups is 1. The number of carbonyl (C=O) groups excluding carboxylic acids is 2. The number of pyridine rings is 1. The predicted octanol–water partition coefficient (Wildman–Crippen LogP) is 3.02. The van der Waals surface area contributed by atoms with Crippen molar-refractivity contribution in [2.24, 2.45) is 0 Å². The highest BCUT2D eigenvalue weighted by Crippen LogP contribution is 2.19. The maximum absolute atomic E-state index is 11.9. The first-order valence-corrected chi connectivity index (χ1v) is 7.08. The molecule has 4 nitrogen and oxygen atoms in total. The second-order valence-corrected chi connectivity index (χ2v) is 5.17. The number of anilines is 1. The molecule has 2 rings (SSSR count). The maximum atomic E-state index is 11.9. The van der Waals surface area contributed by atoms with Gasteiger partial charge in [0.1, 0.15) is 0 Å². The molecule has 1 heterocycles. The van der Waals surface area contributed by atoms with Crippen LogP contribution in [0.2, 0.25) is 0 Å². The topological polar surface area (TPSA) is 59.1 Å². The van der Waals surface area contributed by atoms with Gasteiger partial charge in [-0.05, 0) is 31.2 Å². The Labute approximate surface area is 121 Å². The van der Waals surface area contributed by atoms with E-state index in [1.807, 2.05) is 12.1 Å². The van der Waals surface area contributed by atoms with Gasteiger partial charge in [0.05, 0.1) is 11.4 Å². The van der Waals surface area contributed by atoms with Crippen LogP contribution in [-0.2, 0) is 4.79 Å². The number of rotatable bonds is 5. The highest BCUT2D eigenvalue weighted by atomic mass is 32.2. The fourth-order valence-corrected chi connectivity index (χ4v) is 2.35. The zero-order valence-electron chi connectivity index (χ0n) is 11.0. The average molecular weight is 286 g/mol. The molecule has 0 saturated heterocycles. The van der Waals surface area contributed by atoms with Crippen molar-refractivity contribution < 1.29 is 9.59 Å². The second kappa shape index (κ2) is 6.86. The quantitative estimate of drug-likeness (QED) is 0.678. The van der Waals surface area contributed by atoms with Crippen LogP contribution in [-0.4, -0.2) is 22.4 Å². The van der Waals surface area contributed by atoms with Crippen molar-refractivity contribution in [3.8, 4) is 0 Å². The van der Waals surface area contributed by atoms with Crippen LogP contribution in [0.5, 0.6) is 0 Å². The molecular weight excluding hydrogens is 272 g/mol. The maximum Gasteiger partial charge on any atom is 0.234 e. The minimum Gasteiger partial charge on any atom is -0.325 e. The number of benzene rings is 1. The Bertz CT molecular complexity index is 614. The van der Waals surface area contributed by atoms with Gasteiger partial charge in [-0.3, -0.25) is 14.6 Å². The largest absolute Gasteiger partial charge is 0.325 e. The lowest BCUT2D eigenvalue weighted by molar-refractivity contribution is -0.113. The molecule has 0 radical (unpaired) electrons. The molecule has 5 heteroatoms. The molecule has 20 heavy (non-hydrogen) atoms. The Balaban J connectivity index is 1.97. The summed E-state index contributed by atoms with van der Waals surface area (Å²) in [5.41, 5.74) is 1.08. The first-order chi connectivity index (χ1) is 9.66. The zero-order valence-corrected chi connectivity index (χ0v) is 11.8. The predicted molar refractivity (Wildman–Crippen MR) is 80.0 cm³/mol. The molecule has 0 spiro atoms. The van der Waals surface area contributed by atoms with Gasteiger partial charge in [0, 0.05) is 22.9 Å². The van der Waals surface area contributed by atoms with Crippen molar-refractivity contribution in [3.63, 3.8) is 0 Å². The molecule has 0 atom stereocenters.